The average Bonchev–Trinajstić information content (AvgIpc) is 3.48. The molecule has 2 N–H and O–H groups in total. The Kier molecular flexibility index (Phi) is 2.63. The van der Waals surface area contributed by atoms with Crippen LogP contribution in [0.5, 0.6) is 0 Å². The molecule has 3 aromatic rings. The van der Waals surface area contributed by atoms with Crippen LogP contribution in [0, 0.1) is 5.41 Å². The first kappa shape index (κ1) is 13.9. The molecule has 0 radical (unpaired) electrons. The predicted octanol–water partition coefficient (Wildman–Crippen LogP) is 1.90. The van der Waals surface area contributed by atoms with Crippen LogP contribution >= 0.6 is 0 Å². The van der Waals surface area contributed by atoms with Crippen molar-refractivity contribution in [3.05, 3.63) is 58.3 Å². The van der Waals surface area contributed by atoms with Gasteiger partial charge in [0.05, 0.1) is 18.3 Å². The number of nitrogens with zero attached hydrogens (tertiary/aromatic N) is 4. The molecular formula is C18H19N5O. The Morgan fingerprint density at radius 2 is 2.12 bits per heavy atom. The molecule has 0 saturated heterocycles. The van der Waals surface area contributed by atoms with Crippen LogP contribution in [0.25, 0.3) is 10.8 Å². The molecule has 0 bridgehead atoms. The van der Waals surface area contributed by atoms with Crippen molar-refractivity contribution in [2.45, 2.75) is 31.3 Å². The lowest BCUT2D eigenvalue weighted by molar-refractivity contribution is 0.561. The van der Waals surface area contributed by atoms with Crippen molar-refractivity contribution in [3.63, 3.8) is 0 Å². The van der Waals surface area contributed by atoms with Crippen LogP contribution in [-0.4, -0.2) is 19.6 Å². The van der Waals surface area contributed by atoms with Crippen LogP contribution in [0.15, 0.2) is 41.5 Å². The first-order valence-corrected chi connectivity index (χ1v) is 8.35. The maximum Gasteiger partial charge on any atom is 0.258 e. The third-order valence-corrected chi connectivity index (χ3v) is 5.70. The number of benzene rings is 1. The zero-order valence-corrected chi connectivity index (χ0v) is 13.5. The van der Waals surface area contributed by atoms with E-state index in [4.69, 9.17) is 5.73 Å². The van der Waals surface area contributed by atoms with E-state index >= 15 is 0 Å². The van der Waals surface area contributed by atoms with Crippen molar-refractivity contribution in [1.29, 1.82) is 0 Å². The number of nitrogens with two attached hydrogens (primary N) is 1. The molecule has 2 fully saturated rings. The molecular weight excluding hydrogens is 302 g/mol. The van der Waals surface area contributed by atoms with E-state index in [0.29, 0.717) is 16.8 Å². The van der Waals surface area contributed by atoms with Gasteiger partial charge in [-0.1, -0.05) is 17.3 Å². The summed E-state index contributed by atoms with van der Waals surface area (Å²) in [6.45, 7) is 0. The first-order chi connectivity index (χ1) is 11.6. The van der Waals surface area contributed by atoms with Crippen molar-refractivity contribution in [1.82, 2.24) is 19.6 Å². The summed E-state index contributed by atoms with van der Waals surface area (Å²) >= 11 is 0. The molecule has 5 rings (SSSR count). The summed E-state index contributed by atoms with van der Waals surface area (Å²) < 4.78 is 3.56. The van der Waals surface area contributed by atoms with Crippen LogP contribution in [-0.2, 0) is 7.05 Å². The molecule has 1 unspecified atom stereocenters. The number of rotatable bonds is 3. The number of hydrogen-bond acceptors (Lipinski definition) is 4. The maximum atomic E-state index is 12.3. The predicted molar refractivity (Wildman–Crippen MR) is 90.6 cm³/mol. The third kappa shape index (κ3) is 1.89. The lowest BCUT2D eigenvalue weighted by atomic mass is 9.98. The van der Waals surface area contributed by atoms with E-state index in [9.17, 15) is 4.79 Å². The maximum absolute atomic E-state index is 12.3. The van der Waals surface area contributed by atoms with Gasteiger partial charge in [0.25, 0.3) is 5.56 Å². The normalized spacial score (nSPS) is 22.0. The molecule has 2 aromatic heterocycles. The third-order valence-electron chi connectivity index (χ3n) is 5.70. The van der Waals surface area contributed by atoms with E-state index < -0.39 is 0 Å². The minimum Gasteiger partial charge on any atom is -0.319 e. The van der Waals surface area contributed by atoms with Gasteiger partial charge in [-0.3, -0.25) is 4.79 Å². The van der Waals surface area contributed by atoms with Gasteiger partial charge >= 0.3 is 0 Å². The molecule has 0 aliphatic heterocycles. The quantitative estimate of drug-likeness (QED) is 0.799. The Balaban J connectivity index is 1.55. The van der Waals surface area contributed by atoms with E-state index in [1.807, 2.05) is 35.1 Å². The van der Waals surface area contributed by atoms with E-state index in [1.165, 1.54) is 19.3 Å². The fraction of sp³-hybridized carbons (Fsp3) is 0.389. The monoisotopic (exact) mass is 321 g/mol. The second-order valence-corrected chi connectivity index (χ2v) is 7.22. The summed E-state index contributed by atoms with van der Waals surface area (Å²) in [5.41, 5.74) is 8.64. The number of hydrogen-bond donors (Lipinski definition) is 1. The smallest absolute Gasteiger partial charge is 0.258 e. The molecule has 1 aromatic carbocycles. The summed E-state index contributed by atoms with van der Waals surface area (Å²) in [5.74, 6) is 0. The Bertz CT molecular complexity index is 1010. The van der Waals surface area contributed by atoms with E-state index in [0.717, 1.165) is 16.6 Å². The Labute approximate surface area is 138 Å². The van der Waals surface area contributed by atoms with Crippen LogP contribution in [0.4, 0.5) is 0 Å². The molecule has 2 atom stereocenters. The van der Waals surface area contributed by atoms with Crippen LogP contribution in [0.1, 0.15) is 42.6 Å². The van der Waals surface area contributed by atoms with Gasteiger partial charge in [0, 0.05) is 18.6 Å². The number of aryl methyl sites for hydroxylation is 1. The minimum atomic E-state index is -0.386. The van der Waals surface area contributed by atoms with Gasteiger partial charge in [-0.25, -0.2) is 4.68 Å². The topological polar surface area (TPSA) is 78.7 Å². The molecule has 6 heteroatoms. The number of aromatic nitrogens is 4. The fourth-order valence-corrected chi connectivity index (χ4v) is 3.81. The van der Waals surface area contributed by atoms with E-state index in [2.05, 4.69) is 10.3 Å². The van der Waals surface area contributed by atoms with Crippen molar-refractivity contribution >= 4 is 10.8 Å². The van der Waals surface area contributed by atoms with Crippen LogP contribution in [0.3, 0.4) is 0 Å². The Hall–Kier alpha value is -2.47. The molecule has 2 aliphatic carbocycles. The van der Waals surface area contributed by atoms with Gasteiger partial charge in [0.1, 0.15) is 5.69 Å². The van der Waals surface area contributed by atoms with Gasteiger partial charge in [0.15, 0.2) is 0 Å². The molecule has 122 valence electrons. The second-order valence-electron chi connectivity index (χ2n) is 7.22. The largest absolute Gasteiger partial charge is 0.319 e. The first-order valence-electron chi connectivity index (χ1n) is 8.35. The Morgan fingerprint density at radius 3 is 2.88 bits per heavy atom. The number of fused-ring (bicyclic) bond motifs is 1. The van der Waals surface area contributed by atoms with Gasteiger partial charge in [0.2, 0.25) is 0 Å². The molecule has 24 heavy (non-hydrogen) atoms. The summed E-state index contributed by atoms with van der Waals surface area (Å²) in [4.78, 5) is 12.3. The molecule has 0 amide bonds. The highest BCUT2D eigenvalue weighted by Gasteiger charge is 2.64. The van der Waals surface area contributed by atoms with Crippen molar-refractivity contribution in [2.24, 2.45) is 18.2 Å². The van der Waals surface area contributed by atoms with Crippen molar-refractivity contribution in [2.75, 3.05) is 0 Å². The zero-order valence-electron chi connectivity index (χ0n) is 13.5. The summed E-state index contributed by atoms with van der Waals surface area (Å²) in [6, 6.07) is 7.74. The molecule has 6 nitrogen and oxygen atoms in total. The summed E-state index contributed by atoms with van der Waals surface area (Å²) in [5, 5.41) is 10.2. The standard InChI is InChI=1S/C18H19N5O/c1-22-8-5-11-12(3-2-4-13(11)17(22)24)16(19)14-10-23(21-20-14)15-9-18(15)6-7-18/h2-5,8,10,15-16H,6-7,9,19H2,1H3/t15?,16-/m0/s1. The van der Waals surface area contributed by atoms with Gasteiger partial charge in [-0.05, 0) is 47.8 Å². The highest BCUT2D eigenvalue weighted by Crippen LogP contribution is 2.72. The lowest BCUT2D eigenvalue weighted by Crippen LogP contribution is -2.18. The molecule has 2 aliphatic rings. The Morgan fingerprint density at radius 1 is 1.29 bits per heavy atom. The van der Waals surface area contributed by atoms with Crippen molar-refractivity contribution < 1.29 is 0 Å². The molecule has 1 spiro atoms. The van der Waals surface area contributed by atoms with Crippen LogP contribution < -0.4 is 11.3 Å². The molecule has 2 heterocycles. The van der Waals surface area contributed by atoms with E-state index in [1.54, 1.807) is 17.8 Å². The zero-order chi connectivity index (χ0) is 16.5. The highest BCUT2D eigenvalue weighted by molar-refractivity contribution is 5.85. The minimum absolute atomic E-state index is 0.0149. The lowest BCUT2D eigenvalue weighted by Gasteiger charge is -2.12. The second kappa shape index (κ2) is 4.54. The van der Waals surface area contributed by atoms with Crippen molar-refractivity contribution in [3.8, 4) is 0 Å². The average molecular weight is 321 g/mol. The van der Waals surface area contributed by atoms with E-state index in [-0.39, 0.29) is 11.6 Å². The summed E-state index contributed by atoms with van der Waals surface area (Å²) in [7, 11) is 1.75. The number of pyridine rings is 1. The SMILES string of the molecule is Cn1ccc2c([C@H](N)c3cn(C4CC45CC5)nn3)cccc2c1=O. The van der Waals surface area contributed by atoms with Gasteiger partial charge < -0.3 is 10.3 Å². The molecule has 2 saturated carbocycles. The highest BCUT2D eigenvalue weighted by atomic mass is 16.1. The van der Waals surface area contributed by atoms with Gasteiger partial charge in [-0.15, -0.1) is 5.10 Å². The van der Waals surface area contributed by atoms with Crippen LogP contribution in [0.2, 0.25) is 0 Å². The fourth-order valence-electron chi connectivity index (χ4n) is 3.81. The van der Waals surface area contributed by atoms with Gasteiger partial charge in [-0.2, -0.15) is 0 Å². The summed E-state index contributed by atoms with van der Waals surface area (Å²) in [6.07, 6.45) is 7.59.